The summed E-state index contributed by atoms with van der Waals surface area (Å²) in [6.45, 7) is 0. The van der Waals surface area contributed by atoms with E-state index in [4.69, 9.17) is 27.2 Å². The summed E-state index contributed by atoms with van der Waals surface area (Å²) in [6.07, 6.45) is -9.48. The minimum atomic E-state index is -5.08. The highest BCUT2D eigenvalue weighted by Gasteiger charge is 2.38. The van der Waals surface area contributed by atoms with Crippen molar-refractivity contribution in [1.29, 1.82) is 0 Å². The number of nitrogen functional groups attached to an aromatic ring is 1. The second-order valence-electron chi connectivity index (χ2n) is 4.20. The maximum Gasteiger partial charge on any atom is 0.490 e. The molecule has 24 heavy (non-hydrogen) atoms. The monoisotopic (exact) mass is 391 g/mol. The van der Waals surface area contributed by atoms with Crippen LogP contribution in [-0.4, -0.2) is 17.3 Å². The van der Waals surface area contributed by atoms with E-state index >= 15 is 0 Å². The van der Waals surface area contributed by atoms with E-state index in [1.165, 1.54) is 0 Å². The zero-order chi connectivity index (χ0) is 18.7. The topological polar surface area (TPSA) is 63.3 Å². The Morgan fingerprint density at radius 3 is 1.92 bits per heavy atom. The summed E-state index contributed by atoms with van der Waals surface area (Å²) in [5.74, 6) is -2.76. The Kier molecular flexibility index (Phi) is 6.12. The highest BCUT2D eigenvalue weighted by molar-refractivity contribution is 7.19. The van der Waals surface area contributed by atoms with Crippen LogP contribution in [0.25, 0.3) is 10.4 Å². The Balaban J connectivity index is 0.000000351. The number of thiophene rings is 1. The second-order valence-corrected chi connectivity index (χ2v) is 5.72. The first-order chi connectivity index (χ1) is 10.8. The molecule has 0 spiro atoms. The summed E-state index contributed by atoms with van der Waals surface area (Å²) < 4.78 is 70.0. The Bertz CT molecular complexity index is 709. The summed E-state index contributed by atoms with van der Waals surface area (Å²) in [4.78, 5) is 9.01. The molecule has 1 aromatic heterocycles. The number of rotatable bonds is 1. The van der Waals surface area contributed by atoms with Crippen LogP contribution < -0.4 is 5.73 Å². The van der Waals surface area contributed by atoms with Crippen molar-refractivity contribution >= 4 is 33.9 Å². The number of alkyl halides is 6. The number of hydrogen-bond donors (Lipinski definition) is 2. The van der Waals surface area contributed by atoms with Gasteiger partial charge in [-0.1, -0.05) is 23.7 Å². The summed E-state index contributed by atoms with van der Waals surface area (Å²) in [6, 6.07) is 7.14. The van der Waals surface area contributed by atoms with E-state index in [9.17, 15) is 26.3 Å². The number of nitrogens with two attached hydrogens (primary N) is 1. The molecule has 0 saturated heterocycles. The van der Waals surface area contributed by atoms with Crippen LogP contribution >= 0.6 is 22.9 Å². The lowest BCUT2D eigenvalue weighted by Crippen LogP contribution is -2.21. The van der Waals surface area contributed by atoms with Gasteiger partial charge in [-0.15, -0.1) is 11.3 Å². The number of anilines is 1. The van der Waals surface area contributed by atoms with Crippen molar-refractivity contribution in [3.05, 3.63) is 40.9 Å². The Labute approximate surface area is 140 Å². The number of aliphatic carboxylic acids is 1. The molecule has 132 valence electrons. The fraction of sp³-hybridized carbons (Fsp3) is 0.154. The number of carbonyl (C=O) groups is 1. The van der Waals surface area contributed by atoms with Gasteiger partial charge < -0.3 is 10.8 Å². The molecule has 1 aromatic carbocycles. The van der Waals surface area contributed by atoms with Crippen molar-refractivity contribution in [1.82, 2.24) is 0 Å². The fourth-order valence-corrected chi connectivity index (χ4v) is 2.51. The van der Waals surface area contributed by atoms with Gasteiger partial charge in [0, 0.05) is 9.90 Å². The van der Waals surface area contributed by atoms with E-state index in [1.807, 2.05) is 0 Å². The van der Waals surface area contributed by atoms with Gasteiger partial charge in [0.25, 0.3) is 0 Å². The minimum absolute atomic E-state index is 0.117. The summed E-state index contributed by atoms with van der Waals surface area (Å²) in [7, 11) is 0. The quantitative estimate of drug-likeness (QED) is 0.648. The van der Waals surface area contributed by atoms with Crippen molar-refractivity contribution in [3.63, 3.8) is 0 Å². The van der Waals surface area contributed by atoms with Crippen LogP contribution in [0.4, 0.5) is 31.3 Å². The average Bonchev–Trinajstić information content (AvgIpc) is 2.81. The molecule has 3 N–H and O–H groups in total. The predicted molar refractivity (Wildman–Crippen MR) is 77.9 cm³/mol. The molecule has 0 fully saturated rings. The molecule has 0 amide bonds. The summed E-state index contributed by atoms with van der Waals surface area (Å²) in [5, 5.41) is 7.74. The van der Waals surface area contributed by atoms with Crippen LogP contribution in [0.1, 0.15) is 5.56 Å². The van der Waals surface area contributed by atoms with E-state index in [1.54, 1.807) is 24.3 Å². The lowest BCUT2D eigenvalue weighted by molar-refractivity contribution is -0.192. The zero-order valence-electron chi connectivity index (χ0n) is 11.4. The van der Waals surface area contributed by atoms with Crippen LogP contribution in [0.15, 0.2) is 30.3 Å². The largest absolute Gasteiger partial charge is 0.490 e. The van der Waals surface area contributed by atoms with Gasteiger partial charge in [-0.2, -0.15) is 26.3 Å². The van der Waals surface area contributed by atoms with Gasteiger partial charge in [-0.25, -0.2) is 4.79 Å². The molecule has 0 aliphatic heterocycles. The van der Waals surface area contributed by atoms with E-state index in [2.05, 4.69) is 0 Å². The van der Waals surface area contributed by atoms with Crippen molar-refractivity contribution in [2.45, 2.75) is 12.4 Å². The van der Waals surface area contributed by atoms with Crippen molar-refractivity contribution < 1.29 is 36.2 Å². The van der Waals surface area contributed by atoms with Crippen molar-refractivity contribution in [3.8, 4) is 10.4 Å². The van der Waals surface area contributed by atoms with E-state index < -0.39 is 23.9 Å². The van der Waals surface area contributed by atoms with Gasteiger partial charge in [0.1, 0.15) is 0 Å². The molecule has 0 bridgehead atoms. The normalized spacial score (nSPS) is 11.6. The SMILES string of the molecule is Nc1cc(C(F)(F)F)c(-c2ccc(Cl)cc2)s1.O=C(O)C(F)(F)F. The van der Waals surface area contributed by atoms with Crippen LogP contribution in [0, 0.1) is 0 Å². The number of halogens is 7. The third kappa shape index (κ3) is 5.60. The van der Waals surface area contributed by atoms with Gasteiger partial charge >= 0.3 is 18.3 Å². The van der Waals surface area contributed by atoms with E-state index in [0.29, 0.717) is 10.6 Å². The standard InChI is InChI=1S/C11H7ClF3NS.C2HF3O2/c12-7-3-1-6(2-4-7)10-8(11(13,14)15)5-9(16)17-10;3-2(4,5)1(6)7/h1-5H,16H2;(H,6,7). The number of hydrogen-bond acceptors (Lipinski definition) is 3. The highest BCUT2D eigenvalue weighted by atomic mass is 35.5. The lowest BCUT2D eigenvalue weighted by atomic mass is 10.1. The average molecular weight is 392 g/mol. The zero-order valence-corrected chi connectivity index (χ0v) is 12.9. The fourth-order valence-electron chi connectivity index (χ4n) is 1.44. The Morgan fingerprint density at radius 2 is 1.54 bits per heavy atom. The predicted octanol–water partition coefficient (Wildman–Crippen LogP) is 5.30. The van der Waals surface area contributed by atoms with Crippen LogP contribution in [0.3, 0.4) is 0 Å². The molecular weight excluding hydrogens is 384 g/mol. The third-order valence-corrected chi connectivity index (χ3v) is 3.67. The van der Waals surface area contributed by atoms with Gasteiger partial charge in [0.05, 0.1) is 10.6 Å². The molecule has 0 saturated carbocycles. The molecule has 0 radical (unpaired) electrons. The maximum absolute atomic E-state index is 12.8. The van der Waals surface area contributed by atoms with Crippen molar-refractivity contribution in [2.75, 3.05) is 5.73 Å². The first kappa shape index (κ1) is 20.1. The van der Waals surface area contributed by atoms with Gasteiger partial charge in [0.2, 0.25) is 0 Å². The number of benzene rings is 1. The first-order valence-electron chi connectivity index (χ1n) is 5.85. The summed E-state index contributed by atoms with van der Waals surface area (Å²) >= 11 is 6.61. The van der Waals surface area contributed by atoms with E-state index in [0.717, 1.165) is 17.4 Å². The Morgan fingerprint density at radius 1 is 1.08 bits per heavy atom. The summed E-state index contributed by atoms with van der Waals surface area (Å²) in [5.41, 5.74) is 5.19. The number of carboxylic acid groups (broad SMARTS) is 1. The van der Waals surface area contributed by atoms with Gasteiger partial charge in [-0.3, -0.25) is 0 Å². The van der Waals surface area contributed by atoms with E-state index in [-0.39, 0.29) is 9.88 Å². The minimum Gasteiger partial charge on any atom is -0.475 e. The molecule has 0 aliphatic carbocycles. The molecule has 11 heteroatoms. The molecule has 3 nitrogen and oxygen atoms in total. The number of carboxylic acids is 1. The van der Waals surface area contributed by atoms with Crippen LogP contribution in [0.5, 0.6) is 0 Å². The van der Waals surface area contributed by atoms with Gasteiger partial charge in [0.15, 0.2) is 0 Å². The molecule has 2 aromatic rings. The lowest BCUT2D eigenvalue weighted by Gasteiger charge is -2.07. The van der Waals surface area contributed by atoms with Crippen LogP contribution in [-0.2, 0) is 11.0 Å². The molecule has 0 unspecified atom stereocenters. The maximum atomic E-state index is 12.8. The second kappa shape index (κ2) is 7.31. The third-order valence-electron chi connectivity index (χ3n) is 2.41. The smallest absolute Gasteiger partial charge is 0.475 e. The molecule has 2 rings (SSSR count). The molecule has 1 heterocycles. The first-order valence-corrected chi connectivity index (χ1v) is 7.04. The molecule has 0 atom stereocenters. The molecule has 0 aliphatic rings. The van der Waals surface area contributed by atoms with Crippen molar-refractivity contribution in [2.24, 2.45) is 0 Å². The highest BCUT2D eigenvalue weighted by Crippen LogP contribution is 2.43. The molecular formula is C13H8ClF6NO2S. The van der Waals surface area contributed by atoms with Gasteiger partial charge in [-0.05, 0) is 23.8 Å². The van der Waals surface area contributed by atoms with Crippen LogP contribution in [0.2, 0.25) is 5.02 Å². The Hall–Kier alpha value is -1.94.